The van der Waals surface area contributed by atoms with Crippen LogP contribution in [0.5, 0.6) is 0 Å². The molecule has 0 radical (unpaired) electrons. The first-order chi connectivity index (χ1) is 7.36. The van der Waals surface area contributed by atoms with E-state index in [-0.39, 0.29) is 0 Å². The number of halogens is 1. The normalized spacial score (nSPS) is 34.2. The Morgan fingerprint density at radius 1 is 0.867 bits per heavy atom. The van der Waals surface area contributed by atoms with E-state index in [1.54, 1.807) is 0 Å². The van der Waals surface area contributed by atoms with Gasteiger partial charge in [-0.25, -0.2) is 0 Å². The average molecular weight is 275 g/mol. The second kappa shape index (κ2) is 6.24. The van der Waals surface area contributed by atoms with Crippen molar-refractivity contribution in [1.82, 2.24) is 0 Å². The van der Waals surface area contributed by atoms with Crippen LogP contribution in [0.2, 0.25) is 0 Å². The van der Waals surface area contributed by atoms with Gasteiger partial charge in [0.1, 0.15) is 0 Å². The Morgan fingerprint density at radius 2 is 1.53 bits per heavy atom. The molecule has 0 bridgehead atoms. The summed E-state index contributed by atoms with van der Waals surface area (Å²) in [6.07, 6.45) is 12.9. The molecule has 0 aliphatic heterocycles. The Kier molecular flexibility index (Phi) is 4.96. The Morgan fingerprint density at radius 3 is 2.27 bits per heavy atom. The van der Waals surface area contributed by atoms with Crippen molar-refractivity contribution >= 4 is 15.9 Å². The maximum atomic E-state index is 6.09. The van der Waals surface area contributed by atoms with Gasteiger partial charge < -0.3 is 4.74 Å². The van der Waals surface area contributed by atoms with Crippen LogP contribution in [0.3, 0.4) is 0 Å². The van der Waals surface area contributed by atoms with Gasteiger partial charge in [-0.05, 0) is 31.6 Å². The van der Waals surface area contributed by atoms with E-state index < -0.39 is 0 Å². The van der Waals surface area contributed by atoms with Crippen LogP contribution >= 0.6 is 15.9 Å². The van der Waals surface area contributed by atoms with Crippen molar-refractivity contribution < 1.29 is 4.74 Å². The van der Waals surface area contributed by atoms with Crippen LogP contribution in [0.15, 0.2) is 0 Å². The fourth-order valence-electron chi connectivity index (χ4n) is 2.85. The molecule has 0 N–H and O–H groups in total. The van der Waals surface area contributed by atoms with Crippen LogP contribution in [0.4, 0.5) is 0 Å². The minimum Gasteiger partial charge on any atom is -0.377 e. The molecule has 2 unspecified atom stereocenters. The molecule has 0 aromatic carbocycles. The lowest BCUT2D eigenvalue weighted by Crippen LogP contribution is -2.30. The van der Waals surface area contributed by atoms with E-state index in [9.17, 15) is 0 Å². The van der Waals surface area contributed by atoms with Gasteiger partial charge in [0.25, 0.3) is 0 Å². The summed E-state index contributed by atoms with van der Waals surface area (Å²) in [6.45, 7) is 1.02. The van der Waals surface area contributed by atoms with Crippen molar-refractivity contribution in [2.45, 2.75) is 68.7 Å². The Hall–Kier alpha value is 0.440. The third-order valence-corrected chi connectivity index (χ3v) is 4.94. The van der Waals surface area contributed by atoms with Crippen LogP contribution in [0.25, 0.3) is 0 Å². The van der Waals surface area contributed by atoms with Crippen molar-refractivity contribution in [2.24, 2.45) is 5.92 Å². The fraction of sp³-hybridized carbons (Fsp3) is 1.00. The highest BCUT2D eigenvalue weighted by molar-refractivity contribution is 9.09. The molecule has 2 fully saturated rings. The quantitative estimate of drug-likeness (QED) is 0.698. The summed E-state index contributed by atoms with van der Waals surface area (Å²) < 4.78 is 6.09. The number of ether oxygens (including phenoxy) is 1. The summed E-state index contributed by atoms with van der Waals surface area (Å²) in [5, 5.41) is 0. The zero-order chi connectivity index (χ0) is 10.5. The molecule has 0 amide bonds. The topological polar surface area (TPSA) is 9.23 Å². The maximum absolute atomic E-state index is 6.09. The fourth-order valence-corrected chi connectivity index (χ4v) is 3.59. The first-order valence-electron chi connectivity index (χ1n) is 6.62. The third-order valence-electron chi connectivity index (χ3n) is 3.89. The standard InChI is InChI=1S/C13H23BrO/c14-12-8-4-5-9-13(12)15-10-11-6-2-1-3-7-11/h11-13H,1-10H2. The Labute approximate surface area is 102 Å². The summed E-state index contributed by atoms with van der Waals surface area (Å²) in [6, 6.07) is 0. The van der Waals surface area contributed by atoms with Crippen molar-refractivity contribution in [3.8, 4) is 0 Å². The first-order valence-corrected chi connectivity index (χ1v) is 7.53. The maximum Gasteiger partial charge on any atom is 0.0700 e. The molecule has 2 saturated carbocycles. The highest BCUT2D eigenvalue weighted by atomic mass is 79.9. The molecule has 1 nitrogen and oxygen atoms in total. The summed E-state index contributed by atoms with van der Waals surface area (Å²) in [4.78, 5) is 0.620. The van der Waals surface area contributed by atoms with Gasteiger partial charge in [0, 0.05) is 11.4 Å². The molecule has 88 valence electrons. The lowest BCUT2D eigenvalue weighted by molar-refractivity contribution is 0.00617. The number of rotatable bonds is 3. The SMILES string of the molecule is BrC1CCCCC1OCC1CCCCC1. The Bertz CT molecular complexity index is 177. The molecular weight excluding hydrogens is 252 g/mol. The van der Waals surface area contributed by atoms with Gasteiger partial charge in [0.2, 0.25) is 0 Å². The van der Waals surface area contributed by atoms with Crippen LogP contribution < -0.4 is 0 Å². The summed E-state index contributed by atoms with van der Waals surface area (Å²) in [5.41, 5.74) is 0. The summed E-state index contributed by atoms with van der Waals surface area (Å²) in [5.74, 6) is 0.861. The van der Waals surface area contributed by atoms with E-state index in [1.165, 1.54) is 57.8 Å². The highest BCUT2D eigenvalue weighted by Gasteiger charge is 2.24. The molecule has 0 saturated heterocycles. The number of hydrogen-bond donors (Lipinski definition) is 0. The van der Waals surface area contributed by atoms with Gasteiger partial charge in [0.15, 0.2) is 0 Å². The number of alkyl halides is 1. The van der Waals surface area contributed by atoms with Crippen molar-refractivity contribution in [1.29, 1.82) is 0 Å². The van der Waals surface area contributed by atoms with Gasteiger partial charge in [-0.15, -0.1) is 0 Å². The average Bonchev–Trinajstić information content (AvgIpc) is 2.29. The first kappa shape index (κ1) is 11.9. The molecule has 2 aliphatic rings. The largest absolute Gasteiger partial charge is 0.377 e. The summed E-state index contributed by atoms with van der Waals surface area (Å²) in [7, 11) is 0. The van der Waals surface area contributed by atoms with Gasteiger partial charge >= 0.3 is 0 Å². The molecule has 2 atom stereocenters. The van der Waals surface area contributed by atoms with Crippen LogP contribution in [-0.4, -0.2) is 17.5 Å². The predicted octanol–water partition coefficient (Wildman–Crippen LogP) is 4.29. The van der Waals surface area contributed by atoms with Crippen molar-refractivity contribution in [3.05, 3.63) is 0 Å². The highest BCUT2D eigenvalue weighted by Crippen LogP contribution is 2.29. The van der Waals surface area contributed by atoms with Gasteiger partial charge in [0.05, 0.1) is 6.10 Å². The lowest BCUT2D eigenvalue weighted by atomic mass is 9.90. The van der Waals surface area contributed by atoms with Gasteiger partial charge in [-0.2, -0.15) is 0 Å². The molecule has 0 aromatic heterocycles. The second-order valence-corrected chi connectivity index (χ2v) is 6.35. The third kappa shape index (κ3) is 3.74. The molecule has 0 spiro atoms. The zero-order valence-electron chi connectivity index (χ0n) is 9.59. The molecule has 2 rings (SSSR count). The minimum absolute atomic E-state index is 0.501. The predicted molar refractivity (Wildman–Crippen MR) is 67.5 cm³/mol. The van der Waals surface area contributed by atoms with E-state index in [4.69, 9.17) is 4.74 Å². The molecule has 2 aliphatic carbocycles. The minimum atomic E-state index is 0.501. The zero-order valence-corrected chi connectivity index (χ0v) is 11.2. The van der Waals surface area contributed by atoms with E-state index in [0.717, 1.165) is 12.5 Å². The molecule has 0 aromatic rings. The van der Waals surface area contributed by atoms with Crippen LogP contribution in [0.1, 0.15) is 57.8 Å². The van der Waals surface area contributed by atoms with Gasteiger partial charge in [-0.3, -0.25) is 0 Å². The van der Waals surface area contributed by atoms with Crippen molar-refractivity contribution in [3.63, 3.8) is 0 Å². The molecule has 0 heterocycles. The smallest absolute Gasteiger partial charge is 0.0700 e. The van der Waals surface area contributed by atoms with E-state index >= 15 is 0 Å². The van der Waals surface area contributed by atoms with Crippen molar-refractivity contribution in [2.75, 3.05) is 6.61 Å². The lowest BCUT2D eigenvalue weighted by Gasteiger charge is -2.30. The molecular formula is C13H23BrO. The van der Waals surface area contributed by atoms with E-state index in [2.05, 4.69) is 15.9 Å². The molecule has 15 heavy (non-hydrogen) atoms. The monoisotopic (exact) mass is 274 g/mol. The van der Waals surface area contributed by atoms with Crippen LogP contribution in [0, 0.1) is 5.92 Å². The van der Waals surface area contributed by atoms with Gasteiger partial charge in [-0.1, -0.05) is 48.0 Å². The van der Waals surface area contributed by atoms with Crippen LogP contribution in [-0.2, 0) is 4.74 Å². The van der Waals surface area contributed by atoms with E-state index in [0.29, 0.717) is 10.9 Å². The van der Waals surface area contributed by atoms with E-state index in [1.807, 2.05) is 0 Å². The Balaban J connectivity index is 1.67. The summed E-state index contributed by atoms with van der Waals surface area (Å²) >= 11 is 3.75. The number of hydrogen-bond acceptors (Lipinski definition) is 1. The second-order valence-electron chi connectivity index (χ2n) is 5.18. The molecule has 2 heteroatoms.